The molecule has 2 aromatic heterocycles. The van der Waals surface area contributed by atoms with Crippen LogP contribution in [0.1, 0.15) is 23.1 Å². The number of nitrogens with two attached hydrogens (primary N) is 2. The number of rotatable bonds is 4. The van der Waals surface area contributed by atoms with Crippen LogP contribution < -0.4 is 11.5 Å². The van der Waals surface area contributed by atoms with Gasteiger partial charge in [0, 0.05) is 6.20 Å². The lowest BCUT2D eigenvalue weighted by Crippen LogP contribution is -2.21. The summed E-state index contributed by atoms with van der Waals surface area (Å²) in [6.45, 7) is 1.95. The number of hydrogen-bond acceptors (Lipinski definition) is 6. The highest BCUT2D eigenvalue weighted by Crippen LogP contribution is 2.25. The van der Waals surface area contributed by atoms with E-state index < -0.39 is 5.97 Å². The van der Waals surface area contributed by atoms with E-state index in [9.17, 15) is 4.79 Å². The number of carbonyl (C=O) groups is 1. The summed E-state index contributed by atoms with van der Waals surface area (Å²) in [5, 5.41) is 7.16. The average Bonchev–Trinajstić information content (AvgIpc) is 2.86. The van der Waals surface area contributed by atoms with Crippen molar-refractivity contribution < 1.29 is 9.53 Å². The van der Waals surface area contributed by atoms with Crippen LogP contribution in [0.4, 0.5) is 0 Å². The first kappa shape index (κ1) is 14.3. The lowest BCUT2D eigenvalue weighted by atomic mass is 10.3. The van der Waals surface area contributed by atoms with E-state index in [0.29, 0.717) is 15.0 Å². The molecule has 0 amide bonds. The van der Waals surface area contributed by atoms with E-state index in [1.165, 1.54) is 17.6 Å². The molecular weight excluding hydrogens is 304 g/mol. The zero-order valence-corrected chi connectivity index (χ0v) is 12.0. The highest BCUT2D eigenvalue weighted by molar-refractivity contribution is 7.20. The van der Waals surface area contributed by atoms with Crippen LogP contribution >= 0.6 is 22.9 Å². The molecule has 0 atom stereocenters. The average molecular weight is 315 g/mol. The van der Waals surface area contributed by atoms with E-state index in [1.807, 2.05) is 0 Å². The van der Waals surface area contributed by atoms with Crippen molar-refractivity contribution in [1.82, 2.24) is 9.38 Å². The first-order chi connectivity index (χ1) is 9.52. The predicted octanol–water partition coefficient (Wildman–Crippen LogP) is 0.833. The summed E-state index contributed by atoms with van der Waals surface area (Å²) >= 11 is 7.13. The maximum atomic E-state index is 11.8. The number of nitrogens with zero attached hydrogens (tertiary/aromatic N) is 4. The molecule has 2 rings (SSSR count). The van der Waals surface area contributed by atoms with Crippen molar-refractivity contribution >= 4 is 46.0 Å². The van der Waals surface area contributed by atoms with Crippen LogP contribution in [0.3, 0.4) is 0 Å². The van der Waals surface area contributed by atoms with Crippen molar-refractivity contribution in [2.45, 2.75) is 6.92 Å². The fourth-order valence-electron chi connectivity index (χ4n) is 1.46. The summed E-state index contributed by atoms with van der Waals surface area (Å²) in [6.07, 6.45) is 2.93. The number of aromatic nitrogens is 2. The van der Waals surface area contributed by atoms with Gasteiger partial charge < -0.3 is 16.2 Å². The van der Waals surface area contributed by atoms with Gasteiger partial charge in [0.25, 0.3) is 0 Å². The maximum Gasteiger partial charge on any atom is 0.359 e. The second-order valence-electron chi connectivity index (χ2n) is 3.52. The minimum atomic E-state index is -0.550. The highest BCUT2D eigenvalue weighted by Gasteiger charge is 2.20. The number of imidazole rings is 1. The smallest absolute Gasteiger partial charge is 0.359 e. The lowest BCUT2D eigenvalue weighted by Gasteiger charge is -1.99. The first-order valence-electron chi connectivity index (χ1n) is 5.49. The number of thiazole rings is 1. The summed E-state index contributed by atoms with van der Waals surface area (Å²) < 4.78 is 7.08. The number of hydrogen-bond donors (Lipinski definition) is 2. The van der Waals surface area contributed by atoms with Crippen LogP contribution in [0.15, 0.2) is 16.4 Å². The van der Waals surface area contributed by atoms with Crippen LogP contribution in [0.25, 0.3) is 4.96 Å². The Kier molecular flexibility index (Phi) is 4.20. The Morgan fingerprint density at radius 2 is 2.40 bits per heavy atom. The van der Waals surface area contributed by atoms with E-state index in [1.54, 1.807) is 17.5 Å². The molecule has 0 unspecified atom stereocenters. The Hall–Kier alpha value is -2.13. The van der Waals surface area contributed by atoms with Gasteiger partial charge in [-0.3, -0.25) is 4.40 Å². The van der Waals surface area contributed by atoms with E-state index in [-0.39, 0.29) is 18.3 Å². The molecular formula is C10H11ClN6O2S. The minimum absolute atomic E-state index is 0.129. The molecule has 0 saturated carbocycles. The summed E-state index contributed by atoms with van der Waals surface area (Å²) in [5.41, 5.74) is 10.9. The molecule has 0 aliphatic rings. The Balaban J connectivity index is 2.51. The van der Waals surface area contributed by atoms with Gasteiger partial charge in [0.05, 0.1) is 12.8 Å². The topological polar surface area (TPSA) is 120 Å². The third kappa shape index (κ3) is 2.89. The summed E-state index contributed by atoms with van der Waals surface area (Å²) in [5.74, 6) is -0.742. The molecule has 0 bridgehead atoms. The molecule has 0 radical (unpaired) electrons. The quantitative estimate of drug-likeness (QED) is 0.375. The molecule has 10 heteroatoms. The number of esters is 1. The molecule has 2 aromatic rings. The molecule has 4 N–H and O–H groups in total. The standard InChI is InChI=1S/C10H11ClN6O2S/c1-2-19-8(18)7-5(3-14-16-9(12)13)17-4-6(11)20-10(17)15-7/h3-4H,2H2,1H3,(H4,12,13,16)/b14-3+. The zero-order valence-electron chi connectivity index (χ0n) is 10.4. The number of halogens is 1. The van der Waals surface area contributed by atoms with Gasteiger partial charge in [0.15, 0.2) is 10.7 Å². The first-order valence-corrected chi connectivity index (χ1v) is 6.68. The summed E-state index contributed by atoms with van der Waals surface area (Å²) in [4.78, 5) is 16.6. The van der Waals surface area contributed by atoms with Crippen LogP contribution in [-0.2, 0) is 4.74 Å². The van der Waals surface area contributed by atoms with Gasteiger partial charge in [-0.2, -0.15) is 5.10 Å². The van der Waals surface area contributed by atoms with Crippen molar-refractivity contribution in [2.24, 2.45) is 21.7 Å². The summed E-state index contributed by atoms with van der Waals surface area (Å²) in [7, 11) is 0. The molecule has 20 heavy (non-hydrogen) atoms. The number of fused-ring (bicyclic) bond motifs is 1. The lowest BCUT2D eigenvalue weighted by molar-refractivity contribution is 0.0520. The molecule has 0 aliphatic heterocycles. The van der Waals surface area contributed by atoms with Gasteiger partial charge in [-0.05, 0) is 6.92 Å². The molecule has 106 valence electrons. The van der Waals surface area contributed by atoms with Crippen molar-refractivity contribution in [3.05, 3.63) is 21.9 Å². The van der Waals surface area contributed by atoms with E-state index in [2.05, 4.69) is 15.2 Å². The van der Waals surface area contributed by atoms with E-state index in [4.69, 9.17) is 27.8 Å². The van der Waals surface area contributed by atoms with E-state index in [0.717, 1.165) is 0 Å². The van der Waals surface area contributed by atoms with E-state index >= 15 is 0 Å². The van der Waals surface area contributed by atoms with Gasteiger partial charge in [-0.15, -0.1) is 5.10 Å². The minimum Gasteiger partial charge on any atom is -0.461 e. The van der Waals surface area contributed by atoms with Gasteiger partial charge in [-0.1, -0.05) is 22.9 Å². The Morgan fingerprint density at radius 3 is 3.05 bits per heavy atom. The van der Waals surface area contributed by atoms with Crippen molar-refractivity contribution in [3.8, 4) is 0 Å². The summed E-state index contributed by atoms with van der Waals surface area (Å²) in [6, 6.07) is 0. The van der Waals surface area contributed by atoms with Gasteiger partial charge in [-0.25, -0.2) is 9.78 Å². The molecule has 2 heterocycles. The predicted molar refractivity (Wildman–Crippen MR) is 77.4 cm³/mol. The Labute approximate surface area is 122 Å². The SMILES string of the molecule is CCOC(=O)c1nc2sc(Cl)cn2c1/C=N/N=C(N)N. The number of ether oxygens (including phenoxy) is 1. The fraction of sp³-hybridized carbons (Fsp3) is 0.200. The van der Waals surface area contributed by atoms with Crippen LogP contribution in [0.5, 0.6) is 0 Å². The maximum absolute atomic E-state index is 11.8. The van der Waals surface area contributed by atoms with Crippen molar-refractivity contribution in [2.75, 3.05) is 6.61 Å². The second-order valence-corrected chi connectivity index (χ2v) is 5.16. The molecule has 0 spiro atoms. The molecule has 0 aliphatic carbocycles. The van der Waals surface area contributed by atoms with Crippen LogP contribution in [0, 0.1) is 0 Å². The van der Waals surface area contributed by atoms with Crippen LogP contribution in [-0.4, -0.2) is 34.1 Å². The number of carbonyl (C=O) groups excluding carboxylic acids is 1. The van der Waals surface area contributed by atoms with Gasteiger partial charge in [0.1, 0.15) is 10.0 Å². The van der Waals surface area contributed by atoms with Crippen molar-refractivity contribution in [3.63, 3.8) is 0 Å². The van der Waals surface area contributed by atoms with Gasteiger partial charge in [0.2, 0.25) is 5.96 Å². The Bertz CT molecular complexity index is 700. The fourth-order valence-corrected chi connectivity index (χ4v) is 2.48. The molecule has 8 nitrogen and oxygen atoms in total. The normalized spacial score (nSPS) is 11.1. The molecule has 0 aromatic carbocycles. The third-order valence-corrected chi connectivity index (χ3v) is 3.26. The molecule has 0 saturated heterocycles. The second kappa shape index (κ2) is 5.88. The third-order valence-electron chi connectivity index (χ3n) is 2.16. The largest absolute Gasteiger partial charge is 0.461 e. The zero-order chi connectivity index (χ0) is 14.7. The number of guanidine groups is 1. The highest BCUT2D eigenvalue weighted by atomic mass is 35.5. The van der Waals surface area contributed by atoms with Gasteiger partial charge >= 0.3 is 5.97 Å². The molecule has 0 fully saturated rings. The van der Waals surface area contributed by atoms with Crippen molar-refractivity contribution in [1.29, 1.82) is 0 Å². The Morgan fingerprint density at radius 1 is 1.65 bits per heavy atom. The van der Waals surface area contributed by atoms with Crippen LogP contribution in [0.2, 0.25) is 4.34 Å². The monoisotopic (exact) mass is 314 g/mol.